The summed E-state index contributed by atoms with van der Waals surface area (Å²) in [5, 5.41) is 3.70. The van der Waals surface area contributed by atoms with Crippen LogP contribution in [0.25, 0.3) is 0 Å². The molecule has 0 saturated heterocycles. The highest BCUT2D eigenvalue weighted by atomic mass is 79.9. The van der Waals surface area contributed by atoms with Crippen molar-refractivity contribution in [3.05, 3.63) is 86.9 Å². The van der Waals surface area contributed by atoms with Crippen LogP contribution in [0.1, 0.15) is 23.7 Å². The number of ether oxygens (including phenoxy) is 2. The Hall–Kier alpha value is -2.15. The van der Waals surface area contributed by atoms with Gasteiger partial charge in [0.05, 0.1) is 17.3 Å². The van der Waals surface area contributed by atoms with Crippen LogP contribution in [0.15, 0.2) is 59.2 Å². The van der Waals surface area contributed by atoms with Crippen LogP contribution >= 0.6 is 27.5 Å². The summed E-state index contributed by atoms with van der Waals surface area (Å²) in [5.74, 6) is 0.717. The molecule has 0 spiro atoms. The molecule has 0 bridgehead atoms. The maximum atomic E-state index is 14.0. The number of aromatic nitrogens is 1. The van der Waals surface area contributed by atoms with E-state index in [9.17, 15) is 4.39 Å². The first kappa shape index (κ1) is 21.6. The minimum atomic E-state index is -0.398. The van der Waals surface area contributed by atoms with Gasteiger partial charge in [0.2, 0.25) is 0 Å². The molecule has 152 valence electrons. The summed E-state index contributed by atoms with van der Waals surface area (Å²) in [6.45, 7) is 3.67. The summed E-state index contributed by atoms with van der Waals surface area (Å²) in [4.78, 5) is 4.30. The monoisotopic (exact) mass is 478 g/mol. The zero-order valence-corrected chi connectivity index (χ0v) is 18.3. The first-order chi connectivity index (χ1) is 14.1. The van der Waals surface area contributed by atoms with E-state index in [1.165, 1.54) is 6.07 Å². The van der Waals surface area contributed by atoms with Crippen LogP contribution in [0, 0.1) is 5.82 Å². The van der Waals surface area contributed by atoms with Gasteiger partial charge >= 0.3 is 0 Å². The van der Waals surface area contributed by atoms with Gasteiger partial charge in [-0.05, 0) is 48.9 Å². The van der Waals surface area contributed by atoms with Gasteiger partial charge in [0, 0.05) is 29.3 Å². The zero-order chi connectivity index (χ0) is 20.6. The molecule has 3 aromatic rings. The molecule has 7 heteroatoms. The smallest absolute Gasteiger partial charge is 0.162 e. The lowest BCUT2D eigenvalue weighted by Gasteiger charge is -2.16. The number of benzene rings is 2. The second kappa shape index (κ2) is 10.6. The zero-order valence-electron chi connectivity index (χ0n) is 15.9. The molecule has 0 atom stereocenters. The first-order valence-corrected chi connectivity index (χ1v) is 10.4. The lowest BCUT2D eigenvalue weighted by Crippen LogP contribution is -2.14. The molecule has 3 rings (SSSR count). The lowest BCUT2D eigenvalue weighted by atomic mass is 10.2. The van der Waals surface area contributed by atoms with Crippen LogP contribution in [-0.4, -0.2) is 11.6 Å². The Morgan fingerprint density at radius 3 is 2.62 bits per heavy atom. The maximum absolute atomic E-state index is 14.0. The molecule has 4 nitrogen and oxygen atoms in total. The molecule has 29 heavy (non-hydrogen) atoms. The molecule has 0 radical (unpaired) electrons. The Bertz CT molecular complexity index is 937. The van der Waals surface area contributed by atoms with Gasteiger partial charge in [0.25, 0.3) is 0 Å². The molecular formula is C22H21BrClFN2O2. The van der Waals surface area contributed by atoms with E-state index in [1.807, 2.05) is 37.3 Å². The van der Waals surface area contributed by atoms with Gasteiger partial charge in [0.15, 0.2) is 11.5 Å². The molecule has 0 saturated carbocycles. The van der Waals surface area contributed by atoms with Crippen molar-refractivity contribution in [3.8, 4) is 11.5 Å². The van der Waals surface area contributed by atoms with Crippen LogP contribution in [-0.2, 0) is 19.7 Å². The van der Waals surface area contributed by atoms with Crippen molar-refractivity contribution < 1.29 is 13.9 Å². The van der Waals surface area contributed by atoms with Crippen molar-refractivity contribution >= 4 is 27.5 Å². The largest absolute Gasteiger partial charge is 0.490 e. The predicted molar refractivity (Wildman–Crippen MR) is 116 cm³/mol. The summed E-state index contributed by atoms with van der Waals surface area (Å²) in [6, 6.07) is 14.1. The third kappa shape index (κ3) is 5.92. The van der Waals surface area contributed by atoms with Gasteiger partial charge in [-0.1, -0.05) is 39.7 Å². The van der Waals surface area contributed by atoms with E-state index in [-0.39, 0.29) is 6.61 Å². The Labute approximate surface area is 183 Å². The number of halogens is 3. The number of hydrogen-bond acceptors (Lipinski definition) is 4. The van der Waals surface area contributed by atoms with Gasteiger partial charge < -0.3 is 14.8 Å². The quantitative estimate of drug-likeness (QED) is 0.415. The summed E-state index contributed by atoms with van der Waals surface area (Å²) < 4.78 is 26.4. The molecule has 0 amide bonds. The van der Waals surface area contributed by atoms with Crippen LogP contribution < -0.4 is 14.8 Å². The van der Waals surface area contributed by atoms with Crippen molar-refractivity contribution in [3.63, 3.8) is 0 Å². The van der Waals surface area contributed by atoms with Crippen molar-refractivity contribution in [2.45, 2.75) is 26.6 Å². The van der Waals surface area contributed by atoms with E-state index in [4.69, 9.17) is 21.1 Å². The van der Waals surface area contributed by atoms with Crippen molar-refractivity contribution in [1.29, 1.82) is 0 Å². The highest BCUT2D eigenvalue weighted by Crippen LogP contribution is 2.35. The SMILES string of the molecule is CCOc1cc(CNCc2ccccn2)c(Br)cc1OCc1c(F)cccc1Cl. The third-order valence-electron chi connectivity index (χ3n) is 4.19. The molecule has 0 aliphatic rings. The van der Waals surface area contributed by atoms with E-state index in [1.54, 1.807) is 18.3 Å². The van der Waals surface area contributed by atoms with Gasteiger partial charge in [-0.3, -0.25) is 4.98 Å². The summed E-state index contributed by atoms with van der Waals surface area (Å²) >= 11 is 9.67. The fraction of sp³-hybridized carbons (Fsp3) is 0.227. The average molecular weight is 480 g/mol. The molecular weight excluding hydrogens is 459 g/mol. The van der Waals surface area contributed by atoms with Crippen molar-refractivity contribution in [2.24, 2.45) is 0 Å². The fourth-order valence-electron chi connectivity index (χ4n) is 2.74. The van der Waals surface area contributed by atoms with Crippen molar-refractivity contribution in [1.82, 2.24) is 10.3 Å². The predicted octanol–water partition coefficient (Wildman–Crippen LogP) is 5.90. The molecule has 0 aliphatic heterocycles. The first-order valence-electron chi connectivity index (χ1n) is 9.20. The Kier molecular flexibility index (Phi) is 7.86. The molecule has 2 aromatic carbocycles. The molecule has 0 aliphatic carbocycles. The van der Waals surface area contributed by atoms with E-state index < -0.39 is 5.82 Å². The highest BCUT2D eigenvalue weighted by molar-refractivity contribution is 9.10. The molecule has 0 unspecified atom stereocenters. The Morgan fingerprint density at radius 2 is 1.90 bits per heavy atom. The molecule has 0 fully saturated rings. The number of nitrogens with zero attached hydrogens (tertiary/aromatic N) is 1. The van der Waals surface area contributed by atoms with Crippen LogP contribution in [0.5, 0.6) is 11.5 Å². The third-order valence-corrected chi connectivity index (χ3v) is 5.29. The second-order valence-corrected chi connectivity index (χ2v) is 7.50. The van der Waals surface area contributed by atoms with Crippen LogP contribution in [0.2, 0.25) is 5.02 Å². The number of pyridine rings is 1. The second-order valence-electron chi connectivity index (χ2n) is 6.24. The van der Waals surface area contributed by atoms with E-state index >= 15 is 0 Å². The minimum Gasteiger partial charge on any atom is -0.490 e. The van der Waals surface area contributed by atoms with Crippen molar-refractivity contribution in [2.75, 3.05) is 6.61 Å². The normalized spacial score (nSPS) is 10.8. The highest BCUT2D eigenvalue weighted by Gasteiger charge is 2.14. The summed E-state index contributed by atoms with van der Waals surface area (Å²) in [6.07, 6.45) is 1.77. The fourth-order valence-corrected chi connectivity index (χ4v) is 3.42. The topological polar surface area (TPSA) is 43.4 Å². The van der Waals surface area contributed by atoms with E-state index in [0.29, 0.717) is 41.8 Å². The van der Waals surface area contributed by atoms with E-state index in [0.717, 1.165) is 15.7 Å². The van der Waals surface area contributed by atoms with Gasteiger partial charge in [0.1, 0.15) is 12.4 Å². The van der Waals surface area contributed by atoms with Crippen LogP contribution in [0.3, 0.4) is 0 Å². The standard InChI is InChI=1S/C22H21BrClFN2O2/c1-2-28-21-10-15(12-26-13-16-6-3-4-9-27-16)18(23)11-22(21)29-14-17-19(24)7-5-8-20(17)25/h3-11,26H,2,12-14H2,1H3. The number of nitrogens with one attached hydrogen (secondary N) is 1. The molecule has 1 heterocycles. The van der Waals surface area contributed by atoms with Gasteiger partial charge in [-0.2, -0.15) is 0 Å². The van der Waals surface area contributed by atoms with Gasteiger partial charge in [-0.25, -0.2) is 4.39 Å². The summed E-state index contributed by atoms with van der Waals surface area (Å²) in [5.41, 5.74) is 2.30. The molecule has 1 N–H and O–H groups in total. The lowest BCUT2D eigenvalue weighted by molar-refractivity contribution is 0.265. The maximum Gasteiger partial charge on any atom is 0.162 e. The van der Waals surface area contributed by atoms with E-state index in [2.05, 4.69) is 26.2 Å². The average Bonchev–Trinajstić information content (AvgIpc) is 2.71. The molecule has 1 aromatic heterocycles. The Morgan fingerprint density at radius 1 is 1.07 bits per heavy atom. The summed E-state index contributed by atoms with van der Waals surface area (Å²) in [7, 11) is 0. The van der Waals surface area contributed by atoms with Gasteiger partial charge in [-0.15, -0.1) is 0 Å². The van der Waals surface area contributed by atoms with Crippen LogP contribution in [0.4, 0.5) is 4.39 Å². The number of rotatable bonds is 9. The number of hydrogen-bond donors (Lipinski definition) is 1. The minimum absolute atomic E-state index is 0.00922. The Balaban J connectivity index is 1.71.